The molecule has 1 aliphatic rings. The number of carbonyl (C=O) groups excluding carboxylic acids is 1. The predicted octanol–water partition coefficient (Wildman–Crippen LogP) is 3.34. The van der Waals surface area contributed by atoms with Crippen molar-refractivity contribution in [3.63, 3.8) is 0 Å². The topological polar surface area (TPSA) is 77.8 Å². The van der Waals surface area contributed by atoms with Gasteiger partial charge in [-0.05, 0) is 31.2 Å². The van der Waals surface area contributed by atoms with E-state index < -0.39 is 12.1 Å². The fourth-order valence-electron chi connectivity index (χ4n) is 3.24. The zero-order valence-electron chi connectivity index (χ0n) is 15.7. The number of amides is 1. The second-order valence-corrected chi connectivity index (χ2v) is 6.91. The number of carbonyl (C=O) groups is 2. The maximum absolute atomic E-state index is 12.3. The molecule has 0 spiro atoms. The molecule has 1 aliphatic heterocycles. The Balaban J connectivity index is 1.85. The van der Waals surface area contributed by atoms with E-state index in [-0.39, 0.29) is 18.4 Å². The van der Waals surface area contributed by atoms with Crippen molar-refractivity contribution in [3.05, 3.63) is 60.2 Å². The standard InChI is InChI=1S/C22H29NO4/c24-20(17-18-9-4-3-5-10-18)15-14-19-11-8-12-21(25)23(19)16-7-2-1-6-13-22(26)27/h2-5,7,9-10,14-15,19-20,24H,1,6,8,11-13,16-17H2,(H,26,27). The molecular formula is C22H29NO4. The lowest BCUT2D eigenvalue weighted by atomic mass is 9.99. The summed E-state index contributed by atoms with van der Waals surface area (Å²) in [7, 11) is 0. The van der Waals surface area contributed by atoms with Gasteiger partial charge in [-0.2, -0.15) is 0 Å². The molecule has 0 saturated carbocycles. The number of nitrogens with zero attached hydrogens (tertiary/aromatic N) is 1. The number of benzene rings is 1. The van der Waals surface area contributed by atoms with E-state index in [1.807, 2.05) is 53.5 Å². The second-order valence-electron chi connectivity index (χ2n) is 6.91. The van der Waals surface area contributed by atoms with Gasteiger partial charge in [-0.1, -0.05) is 54.6 Å². The largest absolute Gasteiger partial charge is 0.481 e. The van der Waals surface area contributed by atoms with E-state index in [4.69, 9.17) is 5.11 Å². The predicted molar refractivity (Wildman–Crippen MR) is 105 cm³/mol. The van der Waals surface area contributed by atoms with Crippen molar-refractivity contribution >= 4 is 11.9 Å². The number of hydrogen-bond acceptors (Lipinski definition) is 3. The van der Waals surface area contributed by atoms with Crippen LogP contribution in [0.4, 0.5) is 0 Å². The van der Waals surface area contributed by atoms with Gasteiger partial charge in [0, 0.05) is 25.8 Å². The average molecular weight is 371 g/mol. The molecule has 1 heterocycles. The molecule has 1 amide bonds. The van der Waals surface area contributed by atoms with Crippen molar-refractivity contribution in [1.29, 1.82) is 0 Å². The molecule has 2 N–H and O–H groups in total. The van der Waals surface area contributed by atoms with Crippen LogP contribution in [0.2, 0.25) is 0 Å². The van der Waals surface area contributed by atoms with Crippen molar-refractivity contribution in [2.45, 2.75) is 57.1 Å². The van der Waals surface area contributed by atoms with Gasteiger partial charge in [0.05, 0.1) is 12.1 Å². The lowest BCUT2D eigenvalue weighted by molar-refractivity contribution is -0.137. The Bertz CT molecular complexity index is 654. The highest BCUT2D eigenvalue weighted by Gasteiger charge is 2.25. The summed E-state index contributed by atoms with van der Waals surface area (Å²) in [5, 5.41) is 18.9. The number of carboxylic acids is 1. The molecule has 5 heteroatoms. The summed E-state index contributed by atoms with van der Waals surface area (Å²) in [6.07, 6.45) is 11.4. The van der Waals surface area contributed by atoms with Crippen LogP contribution < -0.4 is 0 Å². The summed E-state index contributed by atoms with van der Waals surface area (Å²) >= 11 is 0. The van der Waals surface area contributed by atoms with Crippen molar-refractivity contribution in [3.8, 4) is 0 Å². The SMILES string of the molecule is O=C(O)CCCC=CCN1C(=O)CCCC1C=CC(O)Cc1ccccc1. The number of piperidine rings is 1. The van der Waals surface area contributed by atoms with Gasteiger partial charge in [-0.15, -0.1) is 0 Å². The van der Waals surface area contributed by atoms with E-state index in [0.717, 1.165) is 18.4 Å². The Morgan fingerprint density at radius 3 is 2.78 bits per heavy atom. The van der Waals surface area contributed by atoms with Crippen LogP contribution in [0.25, 0.3) is 0 Å². The molecule has 0 radical (unpaired) electrons. The number of hydrogen-bond donors (Lipinski definition) is 2. The minimum atomic E-state index is -0.783. The Morgan fingerprint density at radius 2 is 2.04 bits per heavy atom. The highest BCUT2D eigenvalue weighted by atomic mass is 16.4. The van der Waals surface area contributed by atoms with E-state index >= 15 is 0 Å². The molecule has 2 unspecified atom stereocenters. The summed E-state index contributed by atoms with van der Waals surface area (Å²) < 4.78 is 0. The molecule has 146 valence electrons. The van der Waals surface area contributed by atoms with Gasteiger partial charge in [-0.25, -0.2) is 0 Å². The Hall–Kier alpha value is -2.40. The van der Waals surface area contributed by atoms with Gasteiger partial charge in [0.15, 0.2) is 0 Å². The molecule has 2 atom stereocenters. The van der Waals surface area contributed by atoms with Gasteiger partial charge in [0.25, 0.3) is 0 Å². The van der Waals surface area contributed by atoms with Gasteiger partial charge in [-0.3, -0.25) is 9.59 Å². The number of likely N-dealkylation sites (tertiary alicyclic amines) is 1. The van der Waals surface area contributed by atoms with Crippen LogP contribution in [0, 0.1) is 0 Å². The number of aliphatic hydroxyl groups is 1. The normalized spacial score (nSPS) is 19.1. The van der Waals surface area contributed by atoms with Gasteiger partial charge < -0.3 is 15.1 Å². The Morgan fingerprint density at radius 1 is 1.26 bits per heavy atom. The fourth-order valence-corrected chi connectivity index (χ4v) is 3.24. The maximum Gasteiger partial charge on any atom is 0.303 e. The molecule has 27 heavy (non-hydrogen) atoms. The van der Waals surface area contributed by atoms with Crippen LogP contribution in [0.5, 0.6) is 0 Å². The highest BCUT2D eigenvalue weighted by Crippen LogP contribution is 2.20. The number of rotatable bonds is 10. The number of allylic oxidation sites excluding steroid dienone is 1. The van der Waals surface area contributed by atoms with E-state index in [1.165, 1.54) is 0 Å². The second kappa shape index (κ2) is 11.3. The Labute approximate surface area is 161 Å². The van der Waals surface area contributed by atoms with Crippen LogP contribution in [0.1, 0.15) is 44.1 Å². The van der Waals surface area contributed by atoms with Gasteiger partial charge >= 0.3 is 5.97 Å². The minimum Gasteiger partial charge on any atom is -0.481 e. The number of aliphatic hydroxyl groups excluding tert-OH is 1. The van der Waals surface area contributed by atoms with Crippen molar-refractivity contribution < 1.29 is 19.8 Å². The summed E-state index contributed by atoms with van der Waals surface area (Å²) in [6.45, 7) is 0.524. The number of unbranched alkanes of at least 4 members (excludes halogenated alkanes) is 1. The molecule has 1 saturated heterocycles. The average Bonchev–Trinajstić information content (AvgIpc) is 2.65. The van der Waals surface area contributed by atoms with Crippen molar-refractivity contribution in [1.82, 2.24) is 4.90 Å². The van der Waals surface area contributed by atoms with Crippen molar-refractivity contribution in [2.75, 3.05) is 6.54 Å². The third kappa shape index (κ3) is 7.79. The first-order chi connectivity index (χ1) is 13.1. The van der Waals surface area contributed by atoms with E-state index in [2.05, 4.69) is 0 Å². The van der Waals surface area contributed by atoms with E-state index in [1.54, 1.807) is 6.08 Å². The summed E-state index contributed by atoms with van der Waals surface area (Å²) in [5.41, 5.74) is 1.08. The first kappa shape index (κ1) is 20.9. The van der Waals surface area contributed by atoms with Crippen LogP contribution in [0.3, 0.4) is 0 Å². The molecular weight excluding hydrogens is 342 g/mol. The van der Waals surface area contributed by atoms with Crippen LogP contribution >= 0.6 is 0 Å². The first-order valence-corrected chi connectivity index (χ1v) is 9.63. The third-order valence-corrected chi connectivity index (χ3v) is 4.68. The molecule has 1 aromatic rings. The third-order valence-electron chi connectivity index (χ3n) is 4.68. The maximum atomic E-state index is 12.3. The summed E-state index contributed by atoms with van der Waals surface area (Å²) in [4.78, 5) is 24.6. The molecule has 0 bridgehead atoms. The zero-order valence-corrected chi connectivity index (χ0v) is 15.7. The lowest BCUT2D eigenvalue weighted by Gasteiger charge is -2.33. The lowest BCUT2D eigenvalue weighted by Crippen LogP contribution is -2.42. The fraction of sp³-hybridized carbons (Fsp3) is 0.455. The zero-order chi connectivity index (χ0) is 19.5. The van der Waals surface area contributed by atoms with Crippen LogP contribution in [-0.4, -0.2) is 45.7 Å². The number of carboxylic acid groups (broad SMARTS) is 1. The highest BCUT2D eigenvalue weighted by molar-refractivity contribution is 5.77. The van der Waals surface area contributed by atoms with Crippen molar-refractivity contribution in [2.24, 2.45) is 0 Å². The molecule has 0 aliphatic carbocycles. The Kier molecular flexibility index (Phi) is 8.78. The van der Waals surface area contributed by atoms with Gasteiger partial charge in [0.1, 0.15) is 0 Å². The quantitative estimate of drug-likeness (QED) is 0.488. The van der Waals surface area contributed by atoms with Crippen LogP contribution in [-0.2, 0) is 16.0 Å². The number of aliphatic carboxylic acids is 1. The molecule has 2 rings (SSSR count). The van der Waals surface area contributed by atoms with E-state index in [9.17, 15) is 14.7 Å². The summed E-state index contributed by atoms with van der Waals surface area (Å²) in [6, 6.07) is 9.84. The first-order valence-electron chi connectivity index (χ1n) is 9.63. The van der Waals surface area contributed by atoms with Gasteiger partial charge in [0.2, 0.25) is 5.91 Å². The van der Waals surface area contributed by atoms with Crippen LogP contribution in [0.15, 0.2) is 54.6 Å². The molecule has 0 aromatic heterocycles. The molecule has 1 fully saturated rings. The summed E-state index contributed by atoms with van der Waals surface area (Å²) in [5.74, 6) is -0.655. The smallest absolute Gasteiger partial charge is 0.303 e. The monoisotopic (exact) mass is 371 g/mol. The molecule has 5 nitrogen and oxygen atoms in total. The van der Waals surface area contributed by atoms with E-state index in [0.29, 0.717) is 32.2 Å². The molecule has 1 aromatic carbocycles. The minimum absolute atomic E-state index is 0.000318.